The largest absolute Gasteiger partial charge is 0.465 e. The Morgan fingerprint density at radius 2 is 1.78 bits per heavy atom. The van der Waals surface area contributed by atoms with E-state index in [1.807, 2.05) is 12.1 Å². The lowest BCUT2D eigenvalue weighted by molar-refractivity contribution is 0.0600. The van der Waals surface area contributed by atoms with Gasteiger partial charge in [-0.1, -0.05) is 54.6 Å². The van der Waals surface area contributed by atoms with E-state index in [0.717, 1.165) is 40.0 Å². The molecule has 0 aliphatic heterocycles. The number of carbonyl (C=O) groups excluding carboxylic acids is 1. The summed E-state index contributed by atoms with van der Waals surface area (Å²) in [6, 6.07) is 22.7. The van der Waals surface area contributed by atoms with Gasteiger partial charge in [0.1, 0.15) is 5.82 Å². The number of para-hydroxylation sites is 1. The number of allylic oxidation sites excluding steroid dienone is 2. The molecule has 1 aliphatic rings. The number of hydrogen-bond donors (Lipinski definition) is 1. The van der Waals surface area contributed by atoms with E-state index in [1.54, 1.807) is 12.1 Å². The molecule has 0 unspecified atom stereocenters. The molecular weight excluding hydrogens is 448 g/mol. The normalized spacial score (nSPS) is 13.6. The fraction of sp³-hybridized carbons (Fsp3) is 0.290. The molecule has 5 heteroatoms. The Balaban J connectivity index is 1.50. The number of carbonyl (C=O) groups is 1. The first-order valence-corrected chi connectivity index (χ1v) is 12.7. The topological polar surface area (TPSA) is 64.3 Å². The minimum atomic E-state index is -0.339. The molecule has 5 nitrogen and oxygen atoms in total. The monoisotopic (exact) mass is 480 g/mol. The summed E-state index contributed by atoms with van der Waals surface area (Å²) in [5.41, 5.74) is 8.69. The SMILES string of the molecule is COC(=O)c1ccc(Cn2c(CCCO)nc3c(-c4ccc(C5=CCCCC5)cc4)cccc32)cc1. The van der Waals surface area contributed by atoms with E-state index < -0.39 is 0 Å². The van der Waals surface area contributed by atoms with Crippen molar-refractivity contribution in [2.24, 2.45) is 0 Å². The molecule has 184 valence electrons. The van der Waals surface area contributed by atoms with Crippen LogP contribution >= 0.6 is 0 Å². The molecule has 1 heterocycles. The Bertz CT molecular complexity index is 1380. The van der Waals surface area contributed by atoms with Crippen molar-refractivity contribution in [3.8, 4) is 11.1 Å². The molecule has 0 fully saturated rings. The first kappa shape index (κ1) is 24.0. The zero-order valence-electron chi connectivity index (χ0n) is 20.7. The number of hydrogen-bond acceptors (Lipinski definition) is 4. The van der Waals surface area contributed by atoms with Crippen molar-refractivity contribution in [1.82, 2.24) is 9.55 Å². The summed E-state index contributed by atoms with van der Waals surface area (Å²) in [5, 5.41) is 9.47. The third-order valence-corrected chi connectivity index (χ3v) is 6.99. The molecule has 4 aromatic rings. The van der Waals surface area contributed by atoms with Gasteiger partial charge in [0.15, 0.2) is 0 Å². The molecule has 0 saturated carbocycles. The van der Waals surface area contributed by atoms with Gasteiger partial charge in [0.05, 0.1) is 23.7 Å². The van der Waals surface area contributed by atoms with Gasteiger partial charge < -0.3 is 14.4 Å². The zero-order valence-corrected chi connectivity index (χ0v) is 20.7. The predicted octanol–water partition coefficient (Wildman–Crippen LogP) is 6.42. The smallest absolute Gasteiger partial charge is 0.337 e. The molecule has 36 heavy (non-hydrogen) atoms. The number of aliphatic hydroxyl groups is 1. The van der Waals surface area contributed by atoms with Gasteiger partial charge in [-0.15, -0.1) is 0 Å². The van der Waals surface area contributed by atoms with Gasteiger partial charge in [0.25, 0.3) is 0 Å². The lowest BCUT2D eigenvalue weighted by Gasteiger charge is -2.13. The Kier molecular flexibility index (Phi) is 7.28. The molecule has 1 aliphatic carbocycles. The summed E-state index contributed by atoms with van der Waals surface area (Å²) in [5.74, 6) is 0.612. The van der Waals surface area contributed by atoms with Crippen LogP contribution < -0.4 is 0 Å². The number of imidazole rings is 1. The molecule has 0 amide bonds. The molecule has 0 bridgehead atoms. The summed E-state index contributed by atoms with van der Waals surface area (Å²) < 4.78 is 7.04. The van der Waals surface area contributed by atoms with Crippen molar-refractivity contribution in [2.45, 2.75) is 45.1 Å². The highest BCUT2D eigenvalue weighted by Gasteiger charge is 2.16. The van der Waals surface area contributed by atoms with Crippen LogP contribution in [-0.2, 0) is 17.7 Å². The summed E-state index contributed by atoms with van der Waals surface area (Å²) in [4.78, 5) is 16.9. The Morgan fingerprint density at radius 1 is 1.00 bits per heavy atom. The predicted molar refractivity (Wildman–Crippen MR) is 144 cm³/mol. The van der Waals surface area contributed by atoms with Gasteiger partial charge in [0, 0.05) is 25.1 Å². The summed E-state index contributed by atoms with van der Waals surface area (Å²) in [6.07, 6.45) is 8.63. The van der Waals surface area contributed by atoms with E-state index in [1.165, 1.54) is 37.5 Å². The molecule has 1 N–H and O–H groups in total. The summed E-state index contributed by atoms with van der Waals surface area (Å²) >= 11 is 0. The number of ether oxygens (including phenoxy) is 1. The maximum absolute atomic E-state index is 11.8. The second-order valence-electron chi connectivity index (χ2n) is 9.36. The van der Waals surface area contributed by atoms with Crippen LogP contribution in [0.4, 0.5) is 0 Å². The lowest BCUT2D eigenvalue weighted by Crippen LogP contribution is -2.07. The number of methoxy groups -OCH3 is 1. The van der Waals surface area contributed by atoms with Crippen LogP contribution in [-0.4, -0.2) is 34.3 Å². The van der Waals surface area contributed by atoms with E-state index in [-0.39, 0.29) is 12.6 Å². The van der Waals surface area contributed by atoms with Crippen LogP contribution in [0.25, 0.3) is 27.7 Å². The number of esters is 1. The zero-order chi connectivity index (χ0) is 24.9. The minimum Gasteiger partial charge on any atom is -0.465 e. The van der Waals surface area contributed by atoms with Crippen molar-refractivity contribution in [2.75, 3.05) is 13.7 Å². The fourth-order valence-electron chi connectivity index (χ4n) is 5.04. The molecule has 3 aromatic carbocycles. The maximum atomic E-state index is 11.8. The fourth-order valence-corrected chi connectivity index (χ4v) is 5.04. The second-order valence-corrected chi connectivity index (χ2v) is 9.36. The molecule has 5 rings (SSSR count). The third kappa shape index (κ3) is 4.98. The van der Waals surface area contributed by atoms with Gasteiger partial charge in [-0.3, -0.25) is 0 Å². The molecule has 0 radical (unpaired) electrons. The molecule has 0 spiro atoms. The average Bonchev–Trinajstić information content (AvgIpc) is 3.29. The van der Waals surface area contributed by atoms with Crippen LogP contribution in [0.5, 0.6) is 0 Å². The lowest BCUT2D eigenvalue weighted by atomic mass is 9.92. The third-order valence-electron chi connectivity index (χ3n) is 6.99. The standard InChI is InChI=1S/C31H32N2O3/c1-36-31(35)26-14-12-22(13-15-26)21-33-28-10-5-9-27(30(28)32-29(33)11-6-20-34)25-18-16-24(17-19-25)23-7-3-2-4-8-23/h5,7,9-10,12-19,34H,2-4,6,8,11,20-21H2,1H3. The Labute approximate surface area is 212 Å². The van der Waals surface area contributed by atoms with Crippen molar-refractivity contribution in [3.63, 3.8) is 0 Å². The first-order valence-electron chi connectivity index (χ1n) is 12.7. The number of benzene rings is 3. The van der Waals surface area contributed by atoms with Crippen LogP contribution in [0.1, 0.15) is 59.4 Å². The van der Waals surface area contributed by atoms with Gasteiger partial charge >= 0.3 is 5.97 Å². The molecule has 0 saturated heterocycles. The van der Waals surface area contributed by atoms with Gasteiger partial charge in [0.2, 0.25) is 0 Å². The number of nitrogens with zero attached hydrogens (tertiary/aromatic N) is 2. The Hall–Kier alpha value is -3.70. The number of aliphatic hydroxyl groups excluding tert-OH is 1. The molecule has 0 atom stereocenters. The highest BCUT2D eigenvalue weighted by atomic mass is 16.5. The quantitative estimate of drug-likeness (QED) is 0.296. The first-order chi connectivity index (χ1) is 17.7. The molecular formula is C31H32N2O3. The summed E-state index contributed by atoms with van der Waals surface area (Å²) in [6.45, 7) is 0.760. The van der Waals surface area contributed by atoms with E-state index >= 15 is 0 Å². The van der Waals surface area contributed by atoms with Gasteiger partial charge in [-0.2, -0.15) is 0 Å². The molecule has 1 aromatic heterocycles. The van der Waals surface area contributed by atoms with Crippen molar-refractivity contribution in [3.05, 3.63) is 95.3 Å². The number of fused-ring (bicyclic) bond motifs is 1. The van der Waals surface area contributed by atoms with E-state index in [2.05, 4.69) is 53.1 Å². The van der Waals surface area contributed by atoms with Crippen LogP contribution in [0, 0.1) is 0 Å². The number of aryl methyl sites for hydroxylation is 1. The highest BCUT2D eigenvalue weighted by Crippen LogP contribution is 2.32. The number of aromatic nitrogens is 2. The summed E-state index contributed by atoms with van der Waals surface area (Å²) in [7, 11) is 1.39. The number of rotatable bonds is 8. The van der Waals surface area contributed by atoms with Crippen molar-refractivity contribution < 1.29 is 14.6 Å². The van der Waals surface area contributed by atoms with Crippen LogP contribution in [0.15, 0.2) is 72.8 Å². The maximum Gasteiger partial charge on any atom is 0.337 e. The van der Waals surface area contributed by atoms with Crippen LogP contribution in [0.2, 0.25) is 0 Å². The van der Waals surface area contributed by atoms with Crippen molar-refractivity contribution in [1.29, 1.82) is 0 Å². The van der Waals surface area contributed by atoms with E-state index in [0.29, 0.717) is 24.9 Å². The van der Waals surface area contributed by atoms with Crippen molar-refractivity contribution >= 4 is 22.6 Å². The van der Waals surface area contributed by atoms with E-state index in [4.69, 9.17) is 9.72 Å². The second kappa shape index (κ2) is 10.9. The van der Waals surface area contributed by atoms with Crippen LogP contribution in [0.3, 0.4) is 0 Å². The van der Waals surface area contributed by atoms with E-state index in [9.17, 15) is 9.90 Å². The van der Waals surface area contributed by atoms with Gasteiger partial charge in [-0.25, -0.2) is 9.78 Å². The average molecular weight is 481 g/mol. The highest BCUT2D eigenvalue weighted by molar-refractivity contribution is 5.93. The Morgan fingerprint density at radius 3 is 2.47 bits per heavy atom. The van der Waals surface area contributed by atoms with Gasteiger partial charge in [-0.05, 0) is 72.6 Å². The minimum absolute atomic E-state index is 0.126.